The lowest BCUT2D eigenvalue weighted by molar-refractivity contribution is 1.17. The van der Waals surface area contributed by atoms with Crippen molar-refractivity contribution in [2.24, 2.45) is 0 Å². The molecule has 0 spiro atoms. The normalized spacial score (nSPS) is 10.1. The van der Waals surface area contributed by atoms with Crippen molar-refractivity contribution in [2.45, 2.75) is 13.8 Å². The standard InChI is InChI=1S/C16H15N3.H3N/c1-11-10-18-12(2)15(11)14-8-9-17-16(19-14)13-6-4-3-5-7-13;/h3-10,18H,1-2H3;1H3. The van der Waals surface area contributed by atoms with Gasteiger partial charge in [0.2, 0.25) is 0 Å². The second-order valence-electron chi connectivity index (χ2n) is 4.60. The molecule has 4 nitrogen and oxygen atoms in total. The summed E-state index contributed by atoms with van der Waals surface area (Å²) in [6.45, 7) is 4.15. The number of nitrogens with one attached hydrogen (secondary N) is 1. The van der Waals surface area contributed by atoms with E-state index in [0.29, 0.717) is 0 Å². The van der Waals surface area contributed by atoms with Gasteiger partial charge < -0.3 is 11.1 Å². The van der Waals surface area contributed by atoms with Crippen LogP contribution in [0, 0.1) is 13.8 Å². The summed E-state index contributed by atoms with van der Waals surface area (Å²) >= 11 is 0. The van der Waals surface area contributed by atoms with Crippen LogP contribution in [0.1, 0.15) is 11.3 Å². The van der Waals surface area contributed by atoms with Crippen LogP contribution >= 0.6 is 0 Å². The van der Waals surface area contributed by atoms with Crippen LogP contribution in [0.15, 0.2) is 48.8 Å². The summed E-state index contributed by atoms with van der Waals surface area (Å²) in [4.78, 5) is 12.3. The molecule has 0 bridgehead atoms. The van der Waals surface area contributed by atoms with Gasteiger partial charge >= 0.3 is 0 Å². The summed E-state index contributed by atoms with van der Waals surface area (Å²) in [5.41, 5.74) is 5.50. The van der Waals surface area contributed by atoms with Gasteiger partial charge in [0, 0.05) is 29.2 Å². The molecule has 0 radical (unpaired) electrons. The molecule has 1 aromatic carbocycles. The minimum Gasteiger partial charge on any atom is -0.364 e. The fourth-order valence-electron chi connectivity index (χ4n) is 2.27. The van der Waals surface area contributed by atoms with E-state index in [1.807, 2.05) is 48.8 Å². The summed E-state index contributed by atoms with van der Waals surface area (Å²) in [6, 6.07) is 12.0. The van der Waals surface area contributed by atoms with Crippen molar-refractivity contribution in [3.05, 3.63) is 60.0 Å². The number of aromatic amines is 1. The first-order valence-electron chi connectivity index (χ1n) is 6.29. The highest BCUT2D eigenvalue weighted by molar-refractivity contribution is 5.68. The third-order valence-corrected chi connectivity index (χ3v) is 3.22. The second-order valence-corrected chi connectivity index (χ2v) is 4.60. The van der Waals surface area contributed by atoms with Crippen LogP contribution in [0.2, 0.25) is 0 Å². The highest BCUT2D eigenvalue weighted by Gasteiger charge is 2.10. The minimum atomic E-state index is 0. The maximum atomic E-state index is 4.68. The third kappa shape index (κ3) is 2.46. The Morgan fingerprint density at radius 2 is 1.75 bits per heavy atom. The number of rotatable bonds is 2. The molecule has 0 unspecified atom stereocenters. The molecule has 0 aliphatic carbocycles. The van der Waals surface area contributed by atoms with Crippen molar-refractivity contribution >= 4 is 0 Å². The van der Waals surface area contributed by atoms with E-state index in [-0.39, 0.29) is 6.15 Å². The van der Waals surface area contributed by atoms with Crippen LogP contribution in [0.5, 0.6) is 0 Å². The molecule has 0 atom stereocenters. The van der Waals surface area contributed by atoms with Crippen molar-refractivity contribution in [3.63, 3.8) is 0 Å². The predicted octanol–water partition coefficient (Wildman–Crippen LogP) is 3.92. The molecule has 0 fully saturated rings. The van der Waals surface area contributed by atoms with E-state index in [9.17, 15) is 0 Å². The summed E-state index contributed by atoms with van der Waals surface area (Å²) in [6.07, 6.45) is 3.82. The fraction of sp³-hybridized carbons (Fsp3) is 0.125. The Bertz CT molecular complexity index is 682. The van der Waals surface area contributed by atoms with E-state index < -0.39 is 0 Å². The lowest BCUT2D eigenvalue weighted by Crippen LogP contribution is -1.92. The van der Waals surface area contributed by atoms with E-state index >= 15 is 0 Å². The Morgan fingerprint density at radius 1 is 1.00 bits per heavy atom. The van der Waals surface area contributed by atoms with E-state index in [1.54, 1.807) is 0 Å². The van der Waals surface area contributed by atoms with Gasteiger partial charge in [-0.25, -0.2) is 9.97 Å². The average Bonchev–Trinajstić information content (AvgIpc) is 2.79. The maximum Gasteiger partial charge on any atom is 0.159 e. The SMILES string of the molecule is Cc1c[nH]c(C)c1-c1ccnc(-c2ccccc2)n1.N. The molecule has 0 saturated carbocycles. The van der Waals surface area contributed by atoms with Gasteiger partial charge in [-0.1, -0.05) is 30.3 Å². The van der Waals surface area contributed by atoms with Gasteiger partial charge in [0.1, 0.15) is 0 Å². The summed E-state index contributed by atoms with van der Waals surface area (Å²) in [5.74, 6) is 0.762. The number of nitrogens with zero attached hydrogens (tertiary/aromatic N) is 2. The molecule has 3 aromatic rings. The number of hydrogen-bond donors (Lipinski definition) is 2. The molecule has 0 amide bonds. The molecular formula is C16H18N4. The summed E-state index contributed by atoms with van der Waals surface area (Å²) in [5, 5.41) is 0. The Kier molecular flexibility index (Phi) is 3.96. The van der Waals surface area contributed by atoms with E-state index in [4.69, 9.17) is 0 Å². The number of aromatic nitrogens is 3. The molecule has 4 N–H and O–H groups in total. The van der Waals surface area contributed by atoms with Crippen LogP contribution in [0.4, 0.5) is 0 Å². The monoisotopic (exact) mass is 266 g/mol. The predicted molar refractivity (Wildman–Crippen MR) is 81.8 cm³/mol. The Balaban J connectivity index is 0.00000147. The molecule has 0 aliphatic heterocycles. The van der Waals surface area contributed by atoms with Gasteiger partial charge in [-0.2, -0.15) is 0 Å². The largest absolute Gasteiger partial charge is 0.364 e. The molecule has 20 heavy (non-hydrogen) atoms. The van der Waals surface area contributed by atoms with Crippen LogP contribution in [-0.4, -0.2) is 15.0 Å². The smallest absolute Gasteiger partial charge is 0.159 e. The minimum absolute atomic E-state index is 0. The van der Waals surface area contributed by atoms with Gasteiger partial charge in [-0.05, 0) is 25.5 Å². The first kappa shape index (κ1) is 14.0. The van der Waals surface area contributed by atoms with Crippen molar-refractivity contribution in [1.29, 1.82) is 0 Å². The van der Waals surface area contributed by atoms with E-state index in [0.717, 1.165) is 22.8 Å². The zero-order valence-corrected chi connectivity index (χ0v) is 11.7. The number of benzene rings is 1. The van der Waals surface area contributed by atoms with Crippen molar-refractivity contribution in [2.75, 3.05) is 0 Å². The van der Waals surface area contributed by atoms with Crippen molar-refractivity contribution < 1.29 is 0 Å². The number of H-pyrrole nitrogens is 1. The Labute approximate surface area is 118 Å². The highest BCUT2D eigenvalue weighted by Crippen LogP contribution is 2.26. The molecule has 0 aliphatic rings. The quantitative estimate of drug-likeness (QED) is 0.738. The number of hydrogen-bond acceptors (Lipinski definition) is 3. The average molecular weight is 266 g/mol. The van der Waals surface area contributed by atoms with Crippen LogP contribution in [0.25, 0.3) is 22.6 Å². The molecule has 0 saturated heterocycles. The van der Waals surface area contributed by atoms with Gasteiger partial charge in [0.25, 0.3) is 0 Å². The van der Waals surface area contributed by atoms with Gasteiger partial charge in [-0.3, -0.25) is 0 Å². The molecule has 2 aromatic heterocycles. The van der Waals surface area contributed by atoms with Crippen molar-refractivity contribution in [3.8, 4) is 22.6 Å². The zero-order valence-electron chi connectivity index (χ0n) is 11.7. The fourth-order valence-corrected chi connectivity index (χ4v) is 2.27. The maximum absolute atomic E-state index is 4.68. The topological polar surface area (TPSA) is 76.6 Å². The second kappa shape index (κ2) is 5.67. The Morgan fingerprint density at radius 3 is 2.40 bits per heavy atom. The lowest BCUT2D eigenvalue weighted by atomic mass is 10.1. The Hall–Kier alpha value is -2.46. The first-order valence-corrected chi connectivity index (χ1v) is 6.29. The van der Waals surface area contributed by atoms with Gasteiger partial charge in [-0.15, -0.1) is 0 Å². The van der Waals surface area contributed by atoms with Crippen LogP contribution < -0.4 is 6.15 Å². The summed E-state index contributed by atoms with van der Waals surface area (Å²) < 4.78 is 0. The molecule has 102 valence electrons. The molecule has 4 heteroatoms. The molecular weight excluding hydrogens is 248 g/mol. The van der Waals surface area contributed by atoms with Gasteiger partial charge in [0.05, 0.1) is 5.69 Å². The summed E-state index contributed by atoms with van der Waals surface area (Å²) in [7, 11) is 0. The number of aryl methyl sites for hydroxylation is 2. The van der Waals surface area contributed by atoms with Crippen LogP contribution in [-0.2, 0) is 0 Å². The third-order valence-electron chi connectivity index (χ3n) is 3.22. The van der Waals surface area contributed by atoms with Gasteiger partial charge in [0.15, 0.2) is 5.82 Å². The molecule has 2 heterocycles. The molecule has 3 rings (SSSR count). The zero-order chi connectivity index (χ0) is 13.2. The first-order chi connectivity index (χ1) is 9.25. The lowest BCUT2D eigenvalue weighted by Gasteiger charge is -2.05. The highest BCUT2D eigenvalue weighted by atomic mass is 14.9. The van der Waals surface area contributed by atoms with Crippen molar-refractivity contribution in [1.82, 2.24) is 21.1 Å². The van der Waals surface area contributed by atoms with Crippen LogP contribution in [0.3, 0.4) is 0 Å². The van der Waals surface area contributed by atoms with E-state index in [1.165, 1.54) is 11.1 Å². The van der Waals surface area contributed by atoms with E-state index in [2.05, 4.69) is 28.8 Å².